The van der Waals surface area contributed by atoms with Crippen LogP contribution in [-0.2, 0) is 17.7 Å². The average molecular weight is 327 g/mol. The molecule has 1 unspecified atom stereocenters. The Bertz CT molecular complexity index is 606. The molecule has 5 heteroatoms. The number of fused-ring (bicyclic) bond motifs is 1. The maximum absolute atomic E-state index is 6.37. The summed E-state index contributed by atoms with van der Waals surface area (Å²) in [7, 11) is 0. The van der Waals surface area contributed by atoms with Gasteiger partial charge in [-0.1, -0.05) is 17.7 Å². The van der Waals surface area contributed by atoms with Gasteiger partial charge in [-0.05, 0) is 37.8 Å². The third-order valence-electron chi connectivity index (χ3n) is 4.06. The van der Waals surface area contributed by atoms with Gasteiger partial charge in [0.25, 0.3) is 0 Å². The zero-order chi connectivity index (χ0) is 14.7. The lowest BCUT2D eigenvalue weighted by Gasteiger charge is -2.23. The van der Waals surface area contributed by atoms with Gasteiger partial charge in [0.1, 0.15) is 5.82 Å². The smallest absolute Gasteiger partial charge is 0.111 e. The highest BCUT2D eigenvalue weighted by Crippen LogP contribution is 2.26. The normalized spacial score (nSPS) is 19.2. The predicted octanol–water partition coefficient (Wildman–Crippen LogP) is 4.43. The van der Waals surface area contributed by atoms with E-state index in [0.29, 0.717) is 12.0 Å². The molecule has 2 heterocycles. The zero-order valence-corrected chi connectivity index (χ0v) is 13.5. The fourth-order valence-corrected chi connectivity index (χ4v) is 3.45. The first kappa shape index (κ1) is 15.1. The molecule has 1 aromatic heterocycles. The number of halogens is 2. The lowest BCUT2D eigenvalue weighted by atomic mass is 10.1. The van der Waals surface area contributed by atoms with E-state index in [9.17, 15) is 0 Å². The van der Waals surface area contributed by atoms with Crippen molar-refractivity contribution < 1.29 is 4.74 Å². The standard InChI is InChI=1S/C16H20Cl2N2O/c17-9-7-15-19-14-6-3-5-13(18)16(14)20(15)10-8-12-4-1-2-11-21-12/h3,5-6,12H,1-2,4,7-11H2. The lowest BCUT2D eigenvalue weighted by molar-refractivity contribution is 0.00887. The SMILES string of the molecule is ClCCc1nc2cccc(Cl)c2n1CCC1CCCCO1. The molecule has 0 saturated carbocycles. The van der Waals surface area contributed by atoms with Crippen LogP contribution in [0.4, 0.5) is 0 Å². The van der Waals surface area contributed by atoms with E-state index < -0.39 is 0 Å². The second-order valence-electron chi connectivity index (χ2n) is 5.50. The molecule has 0 radical (unpaired) electrons. The Balaban J connectivity index is 1.85. The molecule has 3 nitrogen and oxygen atoms in total. The minimum Gasteiger partial charge on any atom is -0.378 e. The number of alkyl halides is 1. The van der Waals surface area contributed by atoms with Crippen LogP contribution in [0.25, 0.3) is 11.0 Å². The van der Waals surface area contributed by atoms with E-state index in [0.717, 1.165) is 54.3 Å². The Morgan fingerprint density at radius 2 is 2.24 bits per heavy atom. The Morgan fingerprint density at radius 3 is 3.00 bits per heavy atom. The topological polar surface area (TPSA) is 27.1 Å². The van der Waals surface area contributed by atoms with Gasteiger partial charge in [0, 0.05) is 25.5 Å². The Labute approximate surface area is 135 Å². The van der Waals surface area contributed by atoms with Crippen LogP contribution in [0.3, 0.4) is 0 Å². The molecule has 1 fully saturated rings. The van der Waals surface area contributed by atoms with E-state index in [4.69, 9.17) is 27.9 Å². The third-order valence-corrected chi connectivity index (χ3v) is 4.56. The second kappa shape index (κ2) is 6.99. The number of aryl methyl sites for hydroxylation is 2. The number of aromatic nitrogens is 2. The second-order valence-corrected chi connectivity index (χ2v) is 6.29. The summed E-state index contributed by atoms with van der Waals surface area (Å²) in [5.74, 6) is 1.59. The summed E-state index contributed by atoms with van der Waals surface area (Å²) in [6.45, 7) is 1.78. The molecule has 1 aliphatic rings. The lowest BCUT2D eigenvalue weighted by Crippen LogP contribution is -2.21. The highest BCUT2D eigenvalue weighted by molar-refractivity contribution is 6.35. The average Bonchev–Trinajstić information content (AvgIpc) is 2.85. The van der Waals surface area contributed by atoms with Gasteiger partial charge >= 0.3 is 0 Å². The Morgan fingerprint density at radius 1 is 1.33 bits per heavy atom. The maximum Gasteiger partial charge on any atom is 0.111 e. The Kier molecular flexibility index (Phi) is 5.04. The number of para-hydroxylation sites is 1. The first-order valence-corrected chi connectivity index (χ1v) is 8.52. The van der Waals surface area contributed by atoms with E-state index in [2.05, 4.69) is 9.55 Å². The third kappa shape index (κ3) is 3.36. The van der Waals surface area contributed by atoms with Crippen LogP contribution in [0.2, 0.25) is 5.02 Å². The van der Waals surface area contributed by atoms with Crippen LogP contribution in [0.1, 0.15) is 31.5 Å². The summed E-state index contributed by atoms with van der Waals surface area (Å²) in [6, 6.07) is 5.87. The van der Waals surface area contributed by atoms with Crippen LogP contribution in [-0.4, -0.2) is 28.1 Å². The van der Waals surface area contributed by atoms with Gasteiger partial charge in [0.15, 0.2) is 0 Å². The van der Waals surface area contributed by atoms with Crippen molar-refractivity contribution in [2.45, 2.75) is 44.8 Å². The van der Waals surface area contributed by atoms with Gasteiger partial charge in [-0.3, -0.25) is 0 Å². The highest BCUT2D eigenvalue weighted by Gasteiger charge is 2.17. The van der Waals surface area contributed by atoms with E-state index in [-0.39, 0.29) is 0 Å². The molecule has 0 N–H and O–H groups in total. The summed E-state index contributed by atoms with van der Waals surface area (Å²) < 4.78 is 8.05. The van der Waals surface area contributed by atoms with Crippen molar-refractivity contribution in [2.24, 2.45) is 0 Å². The summed E-state index contributed by atoms with van der Waals surface area (Å²) >= 11 is 12.3. The predicted molar refractivity (Wildman–Crippen MR) is 87.4 cm³/mol. The molecule has 2 aromatic rings. The molecule has 21 heavy (non-hydrogen) atoms. The first-order valence-electron chi connectivity index (χ1n) is 7.61. The number of benzene rings is 1. The fourth-order valence-electron chi connectivity index (χ4n) is 3.01. The summed E-state index contributed by atoms with van der Waals surface area (Å²) in [5.41, 5.74) is 1.97. The summed E-state index contributed by atoms with van der Waals surface area (Å²) in [6.07, 6.45) is 5.75. The van der Waals surface area contributed by atoms with Crippen LogP contribution in [0.15, 0.2) is 18.2 Å². The van der Waals surface area contributed by atoms with E-state index >= 15 is 0 Å². The summed E-state index contributed by atoms with van der Waals surface area (Å²) in [4.78, 5) is 4.68. The van der Waals surface area contributed by atoms with Crippen molar-refractivity contribution in [1.82, 2.24) is 9.55 Å². The molecule has 3 rings (SSSR count). The van der Waals surface area contributed by atoms with Crippen molar-refractivity contribution >= 4 is 34.2 Å². The van der Waals surface area contributed by atoms with Gasteiger partial charge in [-0.25, -0.2) is 4.98 Å². The number of nitrogens with zero attached hydrogens (tertiary/aromatic N) is 2. The van der Waals surface area contributed by atoms with Crippen molar-refractivity contribution in [3.63, 3.8) is 0 Å². The molecule has 1 aliphatic heterocycles. The van der Waals surface area contributed by atoms with Crippen LogP contribution < -0.4 is 0 Å². The number of imidazole rings is 1. The fraction of sp³-hybridized carbons (Fsp3) is 0.562. The molecule has 1 saturated heterocycles. The minimum absolute atomic E-state index is 0.363. The van der Waals surface area contributed by atoms with Crippen LogP contribution in [0, 0.1) is 0 Å². The Hall–Kier alpha value is -0.770. The van der Waals surface area contributed by atoms with Gasteiger partial charge < -0.3 is 9.30 Å². The highest BCUT2D eigenvalue weighted by atomic mass is 35.5. The van der Waals surface area contributed by atoms with Crippen molar-refractivity contribution in [1.29, 1.82) is 0 Å². The number of hydrogen-bond acceptors (Lipinski definition) is 2. The van der Waals surface area contributed by atoms with Crippen molar-refractivity contribution in [3.8, 4) is 0 Å². The monoisotopic (exact) mass is 326 g/mol. The van der Waals surface area contributed by atoms with Crippen molar-refractivity contribution in [3.05, 3.63) is 29.0 Å². The molecule has 0 spiro atoms. The molecule has 1 aromatic carbocycles. The van der Waals surface area contributed by atoms with Gasteiger partial charge in [0.05, 0.1) is 22.2 Å². The summed E-state index contributed by atoms with van der Waals surface area (Å²) in [5, 5.41) is 0.755. The largest absolute Gasteiger partial charge is 0.378 e. The molecular formula is C16H20Cl2N2O. The van der Waals surface area contributed by atoms with Gasteiger partial charge in [0.2, 0.25) is 0 Å². The van der Waals surface area contributed by atoms with E-state index in [1.807, 2.05) is 18.2 Å². The quantitative estimate of drug-likeness (QED) is 0.760. The maximum atomic E-state index is 6.37. The zero-order valence-electron chi connectivity index (χ0n) is 12.0. The molecule has 114 valence electrons. The van der Waals surface area contributed by atoms with Crippen molar-refractivity contribution in [2.75, 3.05) is 12.5 Å². The minimum atomic E-state index is 0.363. The van der Waals surface area contributed by atoms with Crippen LogP contribution >= 0.6 is 23.2 Å². The first-order chi connectivity index (χ1) is 10.3. The van der Waals surface area contributed by atoms with E-state index in [1.165, 1.54) is 12.8 Å². The van der Waals surface area contributed by atoms with Gasteiger partial charge in [-0.15, -0.1) is 11.6 Å². The molecular weight excluding hydrogens is 307 g/mol. The van der Waals surface area contributed by atoms with E-state index in [1.54, 1.807) is 0 Å². The number of rotatable bonds is 5. The van der Waals surface area contributed by atoms with Gasteiger partial charge in [-0.2, -0.15) is 0 Å². The molecule has 0 amide bonds. The molecule has 1 atom stereocenters. The van der Waals surface area contributed by atoms with Crippen LogP contribution in [0.5, 0.6) is 0 Å². The molecule has 0 bridgehead atoms. The number of hydrogen-bond donors (Lipinski definition) is 0. The number of ether oxygens (including phenoxy) is 1. The molecule has 0 aliphatic carbocycles.